The van der Waals surface area contributed by atoms with Gasteiger partial charge >= 0.3 is 6.03 Å². The smallest absolute Gasteiger partial charge is 0.334 e. The van der Waals surface area contributed by atoms with Gasteiger partial charge < -0.3 is 29.9 Å². The Morgan fingerprint density at radius 1 is 1.04 bits per heavy atom. The van der Waals surface area contributed by atoms with Crippen LogP contribution in [0, 0.1) is 0 Å². The number of benzene rings is 3. The van der Waals surface area contributed by atoms with Gasteiger partial charge in [0.2, 0.25) is 11.8 Å². The van der Waals surface area contributed by atoms with Crippen LogP contribution in [0.15, 0.2) is 85.5 Å². The summed E-state index contributed by atoms with van der Waals surface area (Å²) in [6, 6.07) is 20.9. The van der Waals surface area contributed by atoms with E-state index in [9.17, 15) is 19.5 Å². The monoisotopic (exact) mass is 626 g/mol. The first-order chi connectivity index (χ1) is 21.8. The fraction of sp³-hybridized carbons (Fsp3) is 0.343. The molecule has 3 aliphatic heterocycles. The number of phenols is 1. The van der Waals surface area contributed by atoms with Gasteiger partial charge in [0, 0.05) is 38.7 Å². The normalized spacial score (nSPS) is 19.5. The van der Waals surface area contributed by atoms with Gasteiger partial charge in [-0.2, -0.15) is 0 Å². The van der Waals surface area contributed by atoms with Crippen molar-refractivity contribution in [1.82, 2.24) is 25.1 Å². The molecule has 46 heavy (non-hydrogen) atoms. The molecule has 0 radical (unpaired) electrons. The first kappa shape index (κ1) is 32.4. The number of anilines is 1. The first-order valence-corrected chi connectivity index (χ1v) is 15.1. The maximum Gasteiger partial charge on any atom is 0.334 e. The van der Waals surface area contributed by atoms with Crippen LogP contribution < -0.4 is 15.0 Å². The minimum atomic E-state index is -0.862. The summed E-state index contributed by atoms with van der Waals surface area (Å²) in [5, 5.41) is 16.1. The second-order valence-corrected chi connectivity index (χ2v) is 11.5. The van der Waals surface area contributed by atoms with Crippen LogP contribution in [-0.2, 0) is 29.1 Å². The molecule has 3 aromatic carbocycles. The van der Waals surface area contributed by atoms with Crippen LogP contribution in [0.25, 0.3) is 0 Å². The summed E-state index contributed by atoms with van der Waals surface area (Å²) in [7, 11) is 2.01. The summed E-state index contributed by atoms with van der Waals surface area (Å²) >= 11 is 0. The lowest BCUT2D eigenvalue weighted by molar-refractivity contribution is -0.189. The van der Waals surface area contributed by atoms with E-state index in [-0.39, 0.29) is 63.6 Å². The van der Waals surface area contributed by atoms with Crippen LogP contribution in [0.4, 0.5) is 10.5 Å². The Morgan fingerprint density at radius 3 is 2.54 bits per heavy atom. The lowest BCUT2D eigenvalue weighted by Gasteiger charge is -2.55. The van der Waals surface area contributed by atoms with Gasteiger partial charge in [-0.3, -0.25) is 9.59 Å². The Kier molecular flexibility index (Phi) is 9.81. The Balaban J connectivity index is 0.00000417. The predicted molar refractivity (Wildman–Crippen MR) is 176 cm³/mol. The molecule has 0 unspecified atom stereocenters. The molecular formula is C35H42N6O5. The van der Waals surface area contributed by atoms with Crippen LogP contribution in [-0.4, -0.2) is 94.8 Å². The number of fused-ring (bicyclic) bond motifs is 2. The summed E-state index contributed by atoms with van der Waals surface area (Å²) in [6.45, 7) is 6.02. The van der Waals surface area contributed by atoms with E-state index in [0.717, 1.165) is 34.7 Å². The van der Waals surface area contributed by atoms with Crippen molar-refractivity contribution in [1.29, 1.82) is 0 Å². The summed E-state index contributed by atoms with van der Waals surface area (Å²) in [6.07, 6.45) is 1.12. The van der Waals surface area contributed by atoms with E-state index >= 15 is 0 Å². The lowest BCUT2D eigenvalue weighted by atomic mass is 9.98. The number of nitrogens with zero attached hydrogens (tertiary/aromatic N) is 5. The second-order valence-electron chi connectivity index (χ2n) is 11.5. The molecule has 11 heteroatoms. The fourth-order valence-corrected chi connectivity index (χ4v) is 6.33. The highest BCUT2D eigenvalue weighted by Gasteiger charge is 2.51. The molecule has 0 spiro atoms. The van der Waals surface area contributed by atoms with E-state index in [0.29, 0.717) is 13.2 Å². The fourth-order valence-electron chi connectivity index (χ4n) is 6.33. The third kappa shape index (κ3) is 6.50. The molecule has 0 saturated carbocycles. The van der Waals surface area contributed by atoms with Crippen LogP contribution in [0.1, 0.15) is 24.1 Å². The SMILES string of the molecule is C.C=CCN1CC(=O)N2[C@@H](Cc3ccc(O)cc3)C(=O)N(Cc3cccc4c3OCCN4C)C[C@@H]2N1C(=O)NCc1ccccc1. The average Bonchev–Trinajstić information content (AvgIpc) is 3.04. The van der Waals surface area contributed by atoms with Gasteiger partial charge in [0.25, 0.3) is 0 Å². The summed E-state index contributed by atoms with van der Waals surface area (Å²) in [5.74, 6) is 0.397. The van der Waals surface area contributed by atoms with Gasteiger partial charge in [-0.05, 0) is 29.3 Å². The van der Waals surface area contributed by atoms with E-state index in [4.69, 9.17) is 4.74 Å². The molecule has 2 fully saturated rings. The number of para-hydroxylation sites is 1. The summed E-state index contributed by atoms with van der Waals surface area (Å²) < 4.78 is 6.08. The van der Waals surface area contributed by atoms with E-state index in [1.54, 1.807) is 50.2 Å². The molecule has 0 bridgehead atoms. The Labute approximate surface area is 270 Å². The molecule has 3 aromatic rings. The third-order valence-electron chi connectivity index (χ3n) is 8.55. The standard InChI is InChI=1S/C34H38N6O5.CH4/c1-3-16-38-23-31(42)39-29(19-24-12-14-27(41)15-13-24)33(43)37(21-26-10-7-11-28-32(26)45-18-17-36(28)2)22-30(39)40(38)34(44)35-20-25-8-5-4-6-9-25;/h3-15,29-30,41H,1,16-23H2,2H3,(H,35,44);1H4/t29-,30-;/m0./s1. The van der Waals surface area contributed by atoms with E-state index in [1.807, 2.05) is 55.6 Å². The number of likely N-dealkylation sites (N-methyl/N-ethyl adjacent to an activating group) is 1. The number of carbonyl (C=O) groups excluding carboxylic acids is 3. The Morgan fingerprint density at radius 2 is 1.80 bits per heavy atom. The third-order valence-corrected chi connectivity index (χ3v) is 8.55. The summed E-state index contributed by atoms with van der Waals surface area (Å²) in [5.41, 5.74) is 3.54. The number of ether oxygens (including phenoxy) is 1. The first-order valence-electron chi connectivity index (χ1n) is 15.1. The van der Waals surface area contributed by atoms with Crippen LogP contribution in [0.2, 0.25) is 0 Å². The number of phenolic OH excluding ortho intramolecular Hbond substituents is 1. The van der Waals surface area contributed by atoms with Crippen molar-refractivity contribution in [2.24, 2.45) is 0 Å². The number of hydrogen-bond donors (Lipinski definition) is 2. The minimum absolute atomic E-state index is 0. The second kappa shape index (κ2) is 13.9. The van der Waals surface area contributed by atoms with Crippen LogP contribution in [0.3, 0.4) is 0 Å². The molecule has 3 heterocycles. The predicted octanol–water partition coefficient (Wildman–Crippen LogP) is 3.59. The number of amides is 4. The Hall–Kier alpha value is -5.03. The quantitative estimate of drug-likeness (QED) is 0.368. The number of piperazine rings is 1. The zero-order valence-electron chi connectivity index (χ0n) is 25.3. The molecule has 4 amide bonds. The van der Waals surface area contributed by atoms with Crippen LogP contribution in [0.5, 0.6) is 11.5 Å². The van der Waals surface area contributed by atoms with Gasteiger partial charge in [-0.15, -0.1) is 6.58 Å². The van der Waals surface area contributed by atoms with Gasteiger partial charge in [-0.1, -0.05) is 68.1 Å². The molecule has 2 saturated heterocycles. The molecular weight excluding hydrogens is 584 g/mol. The van der Waals surface area contributed by atoms with Crippen molar-refractivity contribution >= 4 is 23.5 Å². The molecule has 242 valence electrons. The van der Waals surface area contributed by atoms with Gasteiger partial charge in [-0.25, -0.2) is 14.8 Å². The number of aromatic hydroxyl groups is 1. The van der Waals surface area contributed by atoms with Crippen molar-refractivity contribution in [3.8, 4) is 11.5 Å². The topological polar surface area (TPSA) is 109 Å². The maximum absolute atomic E-state index is 14.3. The lowest BCUT2D eigenvalue weighted by Crippen LogP contribution is -2.76. The molecule has 2 N–H and O–H groups in total. The molecule has 0 aliphatic carbocycles. The van der Waals surface area contributed by atoms with Crippen molar-refractivity contribution < 1.29 is 24.2 Å². The number of hydrazine groups is 1. The highest BCUT2D eigenvalue weighted by Crippen LogP contribution is 2.36. The number of rotatable bonds is 8. The van der Waals surface area contributed by atoms with Gasteiger partial charge in [0.15, 0.2) is 0 Å². The minimum Gasteiger partial charge on any atom is -0.508 e. The zero-order valence-corrected chi connectivity index (χ0v) is 25.3. The molecule has 6 rings (SSSR count). The number of nitrogens with one attached hydrogen (secondary N) is 1. The van der Waals surface area contributed by atoms with Gasteiger partial charge in [0.1, 0.15) is 30.3 Å². The summed E-state index contributed by atoms with van der Waals surface area (Å²) in [4.78, 5) is 47.5. The highest BCUT2D eigenvalue weighted by atomic mass is 16.5. The van der Waals surface area contributed by atoms with Crippen molar-refractivity contribution in [2.45, 2.75) is 39.1 Å². The van der Waals surface area contributed by atoms with Crippen molar-refractivity contribution in [3.05, 3.63) is 102 Å². The number of carbonyl (C=O) groups is 3. The van der Waals surface area contributed by atoms with E-state index in [2.05, 4.69) is 16.8 Å². The Bertz CT molecular complexity index is 1570. The number of urea groups is 1. The molecule has 0 aromatic heterocycles. The number of hydrogen-bond acceptors (Lipinski definition) is 7. The van der Waals surface area contributed by atoms with Crippen molar-refractivity contribution in [2.75, 3.05) is 44.7 Å². The van der Waals surface area contributed by atoms with E-state index < -0.39 is 12.2 Å². The van der Waals surface area contributed by atoms with Crippen molar-refractivity contribution in [3.63, 3.8) is 0 Å². The zero-order chi connectivity index (χ0) is 31.5. The van der Waals surface area contributed by atoms with E-state index in [1.165, 1.54) is 0 Å². The molecule has 11 nitrogen and oxygen atoms in total. The average molecular weight is 627 g/mol. The largest absolute Gasteiger partial charge is 0.508 e. The maximum atomic E-state index is 14.3. The van der Waals surface area contributed by atoms with Gasteiger partial charge in [0.05, 0.1) is 25.3 Å². The highest BCUT2D eigenvalue weighted by molar-refractivity contribution is 5.92. The molecule has 3 aliphatic rings. The van der Waals surface area contributed by atoms with Crippen LogP contribution >= 0.6 is 0 Å². The molecule has 2 atom stereocenters.